The maximum Gasteiger partial charge on any atom is 0.0443 e. The van der Waals surface area contributed by atoms with Crippen LogP contribution in [-0.4, -0.2) is 5.54 Å². The lowest BCUT2D eigenvalue weighted by Crippen LogP contribution is -2.34. The highest BCUT2D eigenvalue weighted by Gasteiger charge is 2.14. The van der Waals surface area contributed by atoms with Gasteiger partial charge >= 0.3 is 0 Å². The standard InChI is InChI=1S/C14H22ClN/c1-5-10(2)12-7-6-11(8-13(12)15)9-14(3,4)16/h6-8,10H,5,9,16H2,1-4H3. The Hall–Kier alpha value is -0.530. The molecule has 0 bridgehead atoms. The second-order valence-electron chi connectivity index (χ2n) is 5.33. The molecule has 16 heavy (non-hydrogen) atoms. The number of nitrogens with two attached hydrogens (primary N) is 1. The van der Waals surface area contributed by atoms with Crippen molar-refractivity contribution in [1.29, 1.82) is 0 Å². The Bertz CT molecular complexity index is 352. The van der Waals surface area contributed by atoms with Crippen LogP contribution in [0.4, 0.5) is 0 Å². The zero-order valence-corrected chi connectivity index (χ0v) is 11.4. The Morgan fingerprint density at radius 2 is 2.00 bits per heavy atom. The van der Waals surface area contributed by atoms with Gasteiger partial charge in [0.05, 0.1) is 0 Å². The molecule has 0 saturated carbocycles. The van der Waals surface area contributed by atoms with Crippen molar-refractivity contribution < 1.29 is 0 Å². The SMILES string of the molecule is CCC(C)c1ccc(CC(C)(C)N)cc1Cl. The normalized spacial score (nSPS) is 13.9. The average Bonchev–Trinajstić information content (AvgIpc) is 2.14. The molecule has 0 aliphatic rings. The Labute approximate surface area is 104 Å². The lowest BCUT2D eigenvalue weighted by atomic mass is 9.93. The molecule has 0 amide bonds. The summed E-state index contributed by atoms with van der Waals surface area (Å²) in [5.41, 5.74) is 8.27. The molecule has 0 radical (unpaired) electrons. The first-order chi connectivity index (χ1) is 7.33. The largest absolute Gasteiger partial charge is 0.325 e. The molecule has 0 aromatic heterocycles. The van der Waals surface area contributed by atoms with Gasteiger partial charge in [-0.15, -0.1) is 0 Å². The van der Waals surface area contributed by atoms with E-state index in [-0.39, 0.29) is 5.54 Å². The van der Waals surface area contributed by atoms with Gasteiger partial charge in [-0.3, -0.25) is 0 Å². The van der Waals surface area contributed by atoms with Crippen molar-refractivity contribution in [3.8, 4) is 0 Å². The molecular weight excluding hydrogens is 218 g/mol. The van der Waals surface area contributed by atoms with E-state index in [1.54, 1.807) is 0 Å². The summed E-state index contributed by atoms with van der Waals surface area (Å²) in [6.45, 7) is 8.44. The molecule has 0 fully saturated rings. The summed E-state index contributed by atoms with van der Waals surface area (Å²) in [4.78, 5) is 0. The molecule has 0 saturated heterocycles. The summed E-state index contributed by atoms with van der Waals surface area (Å²) >= 11 is 6.29. The van der Waals surface area contributed by atoms with Crippen LogP contribution in [0.25, 0.3) is 0 Å². The third-order valence-corrected chi connectivity index (χ3v) is 3.20. The fourth-order valence-electron chi connectivity index (χ4n) is 1.83. The lowest BCUT2D eigenvalue weighted by molar-refractivity contribution is 0.516. The van der Waals surface area contributed by atoms with Crippen molar-refractivity contribution in [2.75, 3.05) is 0 Å². The summed E-state index contributed by atoms with van der Waals surface area (Å²) in [6, 6.07) is 6.33. The molecule has 1 nitrogen and oxygen atoms in total. The fraction of sp³-hybridized carbons (Fsp3) is 0.571. The molecule has 1 rings (SSSR count). The number of hydrogen-bond donors (Lipinski definition) is 1. The average molecular weight is 240 g/mol. The summed E-state index contributed by atoms with van der Waals surface area (Å²) in [5.74, 6) is 0.521. The van der Waals surface area contributed by atoms with E-state index in [9.17, 15) is 0 Å². The number of halogens is 1. The molecule has 1 aromatic rings. The van der Waals surface area contributed by atoms with E-state index in [4.69, 9.17) is 17.3 Å². The number of hydrogen-bond acceptors (Lipinski definition) is 1. The second-order valence-corrected chi connectivity index (χ2v) is 5.74. The van der Waals surface area contributed by atoms with Gasteiger partial charge in [0, 0.05) is 10.6 Å². The van der Waals surface area contributed by atoms with Crippen LogP contribution < -0.4 is 5.73 Å². The minimum absolute atomic E-state index is 0.179. The minimum Gasteiger partial charge on any atom is -0.325 e. The summed E-state index contributed by atoms with van der Waals surface area (Å²) in [7, 11) is 0. The Morgan fingerprint density at radius 3 is 2.44 bits per heavy atom. The van der Waals surface area contributed by atoms with Crippen molar-refractivity contribution in [2.24, 2.45) is 5.73 Å². The van der Waals surface area contributed by atoms with Gasteiger partial charge in [0.25, 0.3) is 0 Å². The van der Waals surface area contributed by atoms with Crippen LogP contribution in [0.15, 0.2) is 18.2 Å². The van der Waals surface area contributed by atoms with E-state index in [1.807, 2.05) is 13.8 Å². The fourth-order valence-corrected chi connectivity index (χ4v) is 2.22. The van der Waals surface area contributed by atoms with E-state index < -0.39 is 0 Å². The van der Waals surface area contributed by atoms with E-state index in [0.29, 0.717) is 5.92 Å². The van der Waals surface area contributed by atoms with Gasteiger partial charge in [-0.1, -0.05) is 37.6 Å². The molecule has 2 heteroatoms. The zero-order chi connectivity index (χ0) is 12.3. The van der Waals surface area contributed by atoms with Crippen molar-refractivity contribution in [2.45, 2.75) is 52.0 Å². The summed E-state index contributed by atoms with van der Waals surface area (Å²) in [5, 5.41) is 0.871. The van der Waals surface area contributed by atoms with Gasteiger partial charge in [-0.25, -0.2) is 0 Å². The first-order valence-electron chi connectivity index (χ1n) is 5.90. The lowest BCUT2D eigenvalue weighted by Gasteiger charge is -2.19. The summed E-state index contributed by atoms with van der Waals surface area (Å²) < 4.78 is 0. The maximum absolute atomic E-state index is 6.29. The molecule has 90 valence electrons. The van der Waals surface area contributed by atoms with Crippen LogP contribution in [0, 0.1) is 0 Å². The first-order valence-corrected chi connectivity index (χ1v) is 6.28. The smallest absolute Gasteiger partial charge is 0.0443 e. The molecule has 1 aromatic carbocycles. The van der Waals surface area contributed by atoms with Crippen molar-refractivity contribution in [1.82, 2.24) is 0 Å². The van der Waals surface area contributed by atoms with Crippen LogP contribution in [0.2, 0.25) is 5.02 Å². The molecule has 1 unspecified atom stereocenters. The molecule has 0 aliphatic heterocycles. The van der Waals surface area contributed by atoms with Gasteiger partial charge in [-0.2, -0.15) is 0 Å². The third-order valence-electron chi connectivity index (χ3n) is 2.87. The maximum atomic E-state index is 6.29. The van der Waals surface area contributed by atoms with Crippen molar-refractivity contribution in [3.63, 3.8) is 0 Å². The van der Waals surface area contributed by atoms with E-state index in [0.717, 1.165) is 17.9 Å². The second kappa shape index (κ2) is 5.20. The van der Waals surface area contributed by atoms with E-state index in [2.05, 4.69) is 32.0 Å². The zero-order valence-electron chi connectivity index (χ0n) is 10.7. The number of benzene rings is 1. The van der Waals surface area contributed by atoms with Gasteiger partial charge in [0.1, 0.15) is 0 Å². The summed E-state index contributed by atoms with van der Waals surface area (Å²) in [6.07, 6.45) is 1.97. The Morgan fingerprint density at radius 1 is 1.38 bits per heavy atom. The molecule has 0 aliphatic carbocycles. The number of rotatable bonds is 4. The quantitative estimate of drug-likeness (QED) is 0.840. The van der Waals surface area contributed by atoms with Gasteiger partial charge in [0.2, 0.25) is 0 Å². The van der Waals surface area contributed by atoms with Gasteiger partial charge in [-0.05, 0) is 49.8 Å². The van der Waals surface area contributed by atoms with Crippen LogP contribution in [-0.2, 0) is 6.42 Å². The topological polar surface area (TPSA) is 26.0 Å². The molecular formula is C14H22ClN. The molecule has 0 heterocycles. The predicted molar refractivity (Wildman–Crippen MR) is 72.1 cm³/mol. The first kappa shape index (κ1) is 13.5. The van der Waals surface area contributed by atoms with Gasteiger partial charge < -0.3 is 5.73 Å². The highest BCUT2D eigenvalue weighted by Crippen LogP contribution is 2.28. The third kappa shape index (κ3) is 3.80. The van der Waals surface area contributed by atoms with Crippen molar-refractivity contribution in [3.05, 3.63) is 34.3 Å². The van der Waals surface area contributed by atoms with Crippen LogP contribution >= 0.6 is 11.6 Å². The predicted octanol–water partition coefficient (Wildman–Crippen LogP) is 4.13. The van der Waals surface area contributed by atoms with E-state index >= 15 is 0 Å². The highest BCUT2D eigenvalue weighted by molar-refractivity contribution is 6.31. The Kier molecular flexibility index (Phi) is 4.40. The molecule has 1 atom stereocenters. The van der Waals surface area contributed by atoms with Crippen molar-refractivity contribution >= 4 is 11.6 Å². The van der Waals surface area contributed by atoms with Crippen LogP contribution in [0.1, 0.15) is 51.2 Å². The highest BCUT2D eigenvalue weighted by atomic mass is 35.5. The molecule has 0 spiro atoms. The Balaban J connectivity index is 2.91. The minimum atomic E-state index is -0.179. The van der Waals surface area contributed by atoms with Gasteiger partial charge in [0.15, 0.2) is 0 Å². The van der Waals surface area contributed by atoms with Crippen LogP contribution in [0.5, 0.6) is 0 Å². The van der Waals surface area contributed by atoms with Crippen LogP contribution in [0.3, 0.4) is 0 Å². The van der Waals surface area contributed by atoms with E-state index in [1.165, 1.54) is 11.1 Å². The molecule has 2 N–H and O–H groups in total. The monoisotopic (exact) mass is 239 g/mol.